The minimum atomic E-state index is -0.878. The van der Waals surface area contributed by atoms with Crippen LogP contribution in [0.2, 0.25) is 0 Å². The molecule has 3 nitrogen and oxygen atoms in total. The van der Waals surface area contributed by atoms with Crippen LogP contribution in [-0.4, -0.2) is 24.3 Å². The molecular formula is C11H14O3. The van der Waals surface area contributed by atoms with Gasteiger partial charge in [-0.2, -0.15) is 0 Å². The lowest BCUT2D eigenvalue weighted by atomic mass is 10.1. The number of carboxylic acids is 1. The quantitative estimate of drug-likeness (QED) is 0.729. The van der Waals surface area contributed by atoms with Crippen molar-refractivity contribution < 1.29 is 14.6 Å². The summed E-state index contributed by atoms with van der Waals surface area (Å²) >= 11 is 0. The summed E-state index contributed by atoms with van der Waals surface area (Å²) < 4.78 is 5.18. The average Bonchev–Trinajstić information content (AvgIpc) is 2.19. The van der Waals surface area contributed by atoms with Crippen molar-refractivity contribution in [2.75, 3.05) is 13.2 Å². The number of hydrogen-bond acceptors (Lipinski definition) is 2. The van der Waals surface area contributed by atoms with Gasteiger partial charge in [0.05, 0.1) is 12.2 Å². The highest BCUT2D eigenvalue weighted by molar-refractivity contribution is 5.89. The van der Waals surface area contributed by atoms with Gasteiger partial charge in [0.15, 0.2) is 0 Å². The lowest BCUT2D eigenvalue weighted by Crippen LogP contribution is -2.05. The Morgan fingerprint density at radius 2 is 2.14 bits per heavy atom. The van der Waals surface area contributed by atoms with Crippen LogP contribution in [0.4, 0.5) is 0 Å². The second-order valence-electron chi connectivity index (χ2n) is 2.91. The van der Waals surface area contributed by atoms with Crippen molar-refractivity contribution in [1.82, 2.24) is 0 Å². The minimum absolute atomic E-state index is 0.368. The first-order chi connectivity index (χ1) is 6.75. The Hall–Kier alpha value is -1.35. The monoisotopic (exact) mass is 194 g/mol. The summed E-state index contributed by atoms with van der Waals surface area (Å²) in [5, 5.41) is 8.88. The molecule has 0 aliphatic rings. The van der Waals surface area contributed by atoms with E-state index in [1.165, 1.54) is 0 Å². The van der Waals surface area contributed by atoms with Crippen LogP contribution in [0.1, 0.15) is 22.8 Å². The van der Waals surface area contributed by atoms with Crippen LogP contribution in [0.3, 0.4) is 0 Å². The molecule has 0 unspecified atom stereocenters. The molecule has 0 fully saturated rings. The van der Waals surface area contributed by atoms with E-state index in [2.05, 4.69) is 0 Å². The molecule has 0 heterocycles. The largest absolute Gasteiger partial charge is 0.478 e. The van der Waals surface area contributed by atoms with Crippen molar-refractivity contribution in [3.05, 3.63) is 35.4 Å². The zero-order chi connectivity index (χ0) is 10.4. The molecule has 14 heavy (non-hydrogen) atoms. The minimum Gasteiger partial charge on any atom is -0.478 e. The lowest BCUT2D eigenvalue weighted by molar-refractivity contribution is 0.0695. The Labute approximate surface area is 83.3 Å². The summed E-state index contributed by atoms with van der Waals surface area (Å²) in [6, 6.07) is 7.01. The fourth-order valence-electron chi connectivity index (χ4n) is 1.27. The summed E-state index contributed by atoms with van der Waals surface area (Å²) in [6.45, 7) is 3.15. The zero-order valence-electron chi connectivity index (χ0n) is 8.19. The van der Waals surface area contributed by atoms with Gasteiger partial charge in [-0.05, 0) is 25.0 Å². The Kier molecular flexibility index (Phi) is 4.13. The smallest absolute Gasteiger partial charge is 0.335 e. The van der Waals surface area contributed by atoms with Crippen LogP contribution >= 0.6 is 0 Å². The molecular weight excluding hydrogens is 180 g/mol. The maximum atomic E-state index is 10.8. The van der Waals surface area contributed by atoms with Crippen molar-refractivity contribution in [3.8, 4) is 0 Å². The van der Waals surface area contributed by atoms with Gasteiger partial charge in [-0.1, -0.05) is 18.2 Å². The summed E-state index contributed by atoms with van der Waals surface area (Å²) in [4.78, 5) is 10.8. The molecule has 0 saturated carbocycles. The van der Waals surface area contributed by atoms with Gasteiger partial charge in [0, 0.05) is 6.61 Å². The molecule has 0 aliphatic heterocycles. The molecule has 1 aromatic carbocycles. The second kappa shape index (κ2) is 5.40. The molecule has 1 N–H and O–H groups in total. The molecule has 0 amide bonds. The molecule has 3 heteroatoms. The van der Waals surface area contributed by atoms with Gasteiger partial charge in [-0.15, -0.1) is 0 Å². The molecule has 0 bridgehead atoms. The van der Waals surface area contributed by atoms with Crippen LogP contribution in [0, 0.1) is 0 Å². The van der Waals surface area contributed by atoms with E-state index in [4.69, 9.17) is 9.84 Å². The predicted molar refractivity (Wildman–Crippen MR) is 53.6 cm³/mol. The second-order valence-corrected chi connectivity index (χ2v) is 2.91. The van der Waals surface area contributed by atoms with E-state index < -0.39 is 5.97 Å². The molecule has 76 valence electrons. The zero-order valence-corrected chi connectivity index (χ0v) is 8.19. The normalized spacial score (nSPS) is 10.1. The lowest BCUT2D eigenvalue weighted by Gasteiger charge is -2.05. The standard InChI is InChI=1S/C11H14O3/c1-2-14-8-7-9-5-3-4-6-10(9)11(12)13/h3-6H,2,7-8H2,1H3,(H,12,13). The van der Waals surface area contributed by atoms with Crippen molar-refractivity contribution in [3.63, 3.8) is 0 Å². The number of rotatable bonds is 5. The molecule has 1 rings (SSSR count). The summed E-state index contributed by atoms with van der Waals surface area (Å²) in [5.41, 5.74) is 1.20. The van der Waals surface area contributed by atoms with E-state index in [0.717, 1.165) is 5.56 Å². The van der Waals surface area contributed by atoms with Crippen molar-refractivity contribution >= 4 is 5.97 Å². The fraction of sp³-hybridized carbons (Fsp3) is 0.364. The Morgan fingerprint density at radius 3 is 2.79 bits per heavy atom. The van der Waals surface area contributed by atoms with Gasteiger partial charge < -0.3 is 9.84 Å². The first-order valence-corrected chi connectivity index (χ1v) is 4.64. The highest BCUT2D eigenvalue weighted by Gasteiger charge is 2.07. The molecule has 0 aromatic heterocycles. The first kappa shape index (κ1) is 10.7. The van der Waals surface area contributed by atoms with E-state index in [-0.39, 0.29) is 0 Å². The number of aromatic carboxylic acids is 1. The third-order valence-electron chi connectivity index (χ3n) is 1.97. The highest BCUT2D eigenvalue weighted by atomic mass is 16.5. The van der Waals surface area contributed by atoms with Crippen LogP contribution in [0.25, 0.3) is 0 Å². The first-order valence-electron chi connectivity index (χ1n) is 4.64. The third kappa shape index (κ3) is 2.85. The van der Waals surface area contributed by atoms with E-state index in [9.17, 15) is 4.79 Å². The highest BCUT2D eigenvalue weighted by Crippen LogP contribution is 2.09. The predicted octanol–water partition coefficient (Wildman–Crippen LogP) is 1.96. The fourth-order valence-corrected chi connectivity index (χ4v) is 1.27. The summed E-state index contributed by atoms with van der Waals surface area (Å²) in [6.07, 6.45) is 0.649. The number of benzene rings is 1. The van der Waals surface area contributed by atoms with Gasteiger partial charge >= 0.3 is 5.97 Å². The number of carbonyl (C=O) groups is 1. The molecule has 0 aliphatic carbocycles. The van der Waals surface area contributed by atoms with Crippen molar-refractivity contribution in [1.29, 1.82) is 0 Å². The maximum absolute atomic E-state index is 10.8. The van der Waals surface area contributed by atoms with Crippen LogP contribution in [-0.2, 0) is 11.2 Å². The van der Waals surface area contributed by atoms with Gasteiger partial charge in [-0.3, -0.25) is 0 Å². The van der Waals surface area contributed by atoms with Crippen molar-refractivity contribution in [2.24, 2.45) is 0 Å². The molecule has 1 aromatic rings. The number of hydrogen-bond donors (Lipinski definition) is 1. The van der Waals surface area contributed by atoms with E-state index >= 15 is 0 Å². The average molecular weight is 194 g/mol. The molecule has 0 spiro atoms. The van der Waals surface area contributed by atoms with Gasteiger partial charge in [-0.25, -0.2) is 4.79 Å². The van der Waals surface area contributed by atoms with Crippen molar-refractivity contribution in [2.45, 2.75) is 13.3 Å². The topological polar surface area (TPSA) is 46.5 Å². The van der Waals surface area contributed by atoms with Crippen LogP contribution < -0.4 is 0 Å². The van der Waals surface area contributed by atoms with Gasteiger partial charge in [0.25, 0.3) is 0 Å². The maximum Gasteiger partial charge on any atom is 0.335 e. The summed E-state index contributed by atoms with van der Waals surface area (Å²) in [5.74, 6) is -0.878. The molecule has 0 atom stereocenters. The Bertz CT molecular complexity index is 307. The molecule has 0 radical (unpaired) electrons. The van der Waals surface area contributed by atoms with E-state index in [0.29, 0.717) is 25.2 Å². The van der Waals surface area contributed by atoms with Crippen LogP contribution in [0.5, 0.6) is 0 Å². The van der Waals surface area contributed by atoms with E-state index in [1.807, 2.05) is 19.1 Å². The molecule has 0 saturated heterocycles. The van der Waals surface area contributed by atoms with E-state index in [1.54, 1.807) is 12.1 Å². The Balaban J connectivity index is 2.69. The number of ether oxygens (including phenoxy) is 1. The summed E-state index contributed by atoms with van der Waals surface area (Å²) in [7, 11) is 0. The van der Waals surface area contributed by atoms with Gasteiger partial charge in [0.2, 0.25) is 0 Å². The third-order valence-corrected chi connectivity index (χ3v) is 1.97. The van der Waals surface area contributed by atoms with Crippen LogP contribution in [0.15, 0.2) is 24.3 Å². The Morgan fingerprint density at radius 1 is 1.43 bits per heavy atom. The van der Waals surface area contributed by atoms with Gasteiger partial charge in [0.1, 0.15) is 0 Å². The number of carboxylic acid groups (broad SMARTS) is 1. The SMILES string of the molecule is CCOCCc1ccccc1C(=O)O.